The SMILES string of the molecule is Cc1cc(C)cc(Oc2ccccc2C#N)c1. The topological polar surface area (TPSA) is 33.0 Å². The van der Waals surface area contributed by atoms with Crippen molar-refractivity contribution >= 4 is 0 Å². The third-order valence-electron chi connectivity index (χ3n) is 2.43. The molecule has 0 aliphatic heterocycles. The van der Waals surface area contributed by atoms with E-state index in [9.17, 15) is 0 Å². The van der Waals surface area contributed by atoms with Gasteiger partial charge in [-0.05, 0) is 49.2 Å². The predicted molar refractivity (Wildman–Crippen MR) is 67.1 cm³/mol. The Morgan fingerprint density at radius 2 is 1.65 bits per heavy atom. The molecule has 2 nitrogen and oxygen atoms in total. The van der Waals surface area contributed by atoms with Crippen molar-refractivity contribution in [1.29, 1.82) is 5.26 Å². The summed E-state index contributed by atoms with van der Waals surface area (Å²) >= 11 is 0. The van der Waals surface area contributed by atoms with E-state index in [1.54, 1.807) is 12.1 Å². The van der Waals surface area contributed by atoms with Crippen LogP contribution in [0.25, 0.3) is 0 Å². The van der Waals surface area contributed by atoms with Crippen LogP contribution in [0.3, 0.4) is 0 Å². The maximum absolute atomic E-state index is 8.98. The summed E-state index contributed by atoms with van der Waals surface area (Å²) in [6.07, 6.45) is 0. The Bertz CT molecular complexity index is 561. The molecule has 0 atom stereocenters. The van der Waals surface area contributed by atoms with Gasteiger partial charge in [0.15, 0.2) is 0 Å². The van der Waals surface area contributed by atoms with Gasteiger partial charge in [0.1, 0.15) is 17.6 Å². The maximum Gasteiger partial charge on any atom is 0.145 e. The van der Waals surface area contributed by atoms with Gasteiger partial charge in [0.05, 0.1) is 5.56 Å². The Kier molecular flexibility index (Phi) is 3.11. The lowest BCUT2D eigenvalue weighted by atomic mass is 10.1. The van der Waals surface area contributed by atoms with E-state index in [0.717, 1.165) is 16.9 Å². The zero-order valence-corrected chi connectivity index (χ0v) is 9.90. The minimum atomic E-state index is 0.548. The molecular formula is C15H13NO. The molecule has 0 aliphatic carbocycles. The first-order chi connectivity index (χ1) is 8.19. The average molecular weight is 223 g/mol. The highest BCUT2D eigenvalue weighted by molar-refractivity contribution is 5.45. The molecule has 0 unspecified atom stereocenters. The smallest absolute Gasteiger partial charge is 0.145 e. The van der Waals surface area contributed by atoms with Crippen LogP contribution in [0.2, 0.25) is 0 Å². The van der Waals surface area contributed by atoms with Crippen LogP contribution in [0.5, 0.6) is 11.5 Å². The second-order valence-electron chi connectivity index (χ2n) is 4.03. The number of benzene rings is 2. The van der Waals surface area contributed by atoms with Gasteiger partial charge < -0.3 is 4.74 Å². The van der Waals surface area contributed by atoms with E-state index in [-0.39, 0.29) is 0 Å². The van der Waals surface area contributed by atoms with E-state index in [4.69, 9.17) is 10.00 Å². The van der Waals surface area contributed by atoms with Gasteiger partial charge in [-0.3, -0.25) is 0 Å². The Morgan fingerprint density at radius 3 is 2.29 bits per heavy atom. The Balaban J connectivity index is 2.35. The molecule has 2 rings (SSSR count). The Morgan fingerprint density at radius 1 is 1.00 bits per heavy atom. The summed E-state index contributed by atoms with van der Waals surface area (Å²) in [5, 5.41) is 8.98. The summed E-state index contributed by atoms with van der Waals surface area (Å²) in [6.45, 7) is 4.05. The Labute approximate surface area is 101 Å². The molecule has 0 N–H and O–H groups in total. The highest BCUT2D eigenvalue weighted by Crippen LogP contribution is 2.26. The molecule has 0 spiro atoms. The van der Waals surface area contributed by atoms with Crippen LogP contribution in [0, 0.1) is 25.2 Å². The minimum Gasteiger partial charge on any atom is -0.456 e. The van der Waals surface area contributed by atoms with Gasteiger partial charge in [-0.2, -0.15) is 5.26 Å². The molecule has 17 heavy (non-hydrogen) atoms. The molecule has 0 aromatic heterocycles. The van der Waals surface area contributed by atoms with Gasteiger partial charge in [-0.15, -0.1) is 0 Å². The molecule has 2 heteroatoms. The molecule has 0 heterocycles. The number of ether oxygens (including phenoxy) is 1. The van der Waals surface area contributed by atoms with Crippen LogP contribution in [-0.2, 0) is 0 Å². The average Bonchev–Trinajstić information content (AvgIpc) is 2.28. The van der Waals surface area contributed by atoms with E-state index >= 15 is 0 Å². The monoisotopic (exact) mass is 223 g/mol. The van der Waals surface area contributed by atoms with Crippen molar-refractivity contribution in [2.24, 2.45) is 0 Å². The first-order valence-electron chi connectivity index (χ1n) is 5.44. The number of hydrogen-bond donors (Lipinski definition) is 0. The van der Waals surface area contributed by atoms with Gasteiger partial charge in [0.25, 0.3) is 0 Å². The molecule has 0 amide bonds. The standard InChI is InChI=1S/C15H13NO/c1-11-7-12(2)9-14(8-11)17-15-6-4-3-5-13(15)10-16/h3-9H,1-2H3. The zero-order chi connectivity index (χ0) is 12.3. The number of hydrogen-bond acceptors (Lipinski definition) is 2. The van der Waals surface area contributed by atoms with E-state index in [0.29, 0.717) is 11.3 Å². The van der Waals surface area contributed by atoms with E-state index < -0.39 is 0 Å². The molecule has 2 aromatic rings. The molecule has 0 radical (unpaired) electrons. The van der Waals surface area contributed by atoms with Crippen LogP contribution in [0.4, 0.5) is 0 Å². The summed E-state index contributed by atoms with van der Waals surface area (Å²) in [5.74, 6) is 1.37. The third-order valence-corrected chi connectivity index (χ3v) is 2.43. The van der Waals surface area contributed by atoms with Crippen LogP contribution in [-0.4, -0.2) is 0 Å². The molecule has 0 fully saturated rings. The summed E-state index contributed by atoms with van der Waals surface area (Å²) in [7, 11) is 0. The fraction of sp³-hybridized carbons (Fsp3) is 0.133. The summed E-state index contributed by atoms with van der Waals surface area (Å²) < 4.78 is 5.74. The van der Waals surface area contributed by atoms with E-state index in [2.05, 4.69) is 12.1 Å². The fourth-order valence-corrected chi connectivity index (χ4v) is 1.77. The largest absolute Gasteiger partial charge is 0.456 e. The lowest BCUT2D eigenvalue weighted by Gasteiger charge is -2.08. The number of aryl methyl sites for hydroxylation is 2. The summed E-state index contributed by atoms with van der Waals surface area (Å²) in [4.78, 5) is 0. The highest BCUT2D eigenvalue weighted by atomic mass is 16.5. The highest BCUT2D eigenvalue weighted by Gasteiger charge is 2.04. The van der Waals surface area contributed by atoms with Crippen molar-refractivity contribution < 1.29 is 4.74 Å². The molecule has 0 aliphatic rings. The number of nitriles is 1. The van der Waals surface area contributed by atoms with Gasteiger partial charge >= 0.3 is 0 Å². The molecule has 0 saturated carbocycles. The van der Waals surface area contributed by atoms with E-state index in [1.165, 1.54) is 0 Å². The van der Waals surface area contributed by atoms with Crippen molar-refractivity contribution in [3.8, 4) is 17.6 Å². The number of rotatable bonds is 2. The van der Waals surface area contributed by atoms with Crippen LogP contribution in [0.1, 0.15) is 16.7 Å². The van der Waals surface area contributed by atoms with Crippen molar-refractivity contribution in [3.63, 3.8) is 0 Å². The zero-order valence-electron chi connectivity index (χ0n) is 9.90. The molecule has 2 aromatic carbocycles. The molecule has 84 valence electrons. The third kappa shape index (κ3) is 2.64. The molecule has 0 saturated heterocycles. The van der Waals surface area contributed by atoms with Gasteiger partial charge in [-0.1, -0.05) is 18.2 Å². The first kappa shape index (κ1) is 11.2. The lowest BCUT2D eigenvalue weighted by molar-refractivity contribution is 0.480. The van der Waals surface area contributed by atoms with Crippen LogP contribution < -0.4 is 4.74 Å². The van der Waals surface area contributed by atoms with Gasteiger partial charge in [-0.25, -0.2) is 0 Å². The number of nitrogens with zero attached hydrogens (tertiary/aromatic N) is 1. The molecule has 0 bridgehead atoms. The maximum atomic E-state index is 8.98. The first-order valence-corrected chi connectivity index (χ1v) is 5.44. The summed E-state index contributed by atoms with van der Waals surface area (Å²) in [5.41, 5.74) is 2.84. The van der Waals surface area contributed by atoms with Crippen molar-refractivity contribution in [1.82, 2.24) is 0 Å². The summed E-state index contributed by atoms with van der Waals surface area (Å²) in [6, 6.07) is 15.4. The minimum absolute atomic E-state index is 0.548. The Hall–Kier alpha value is -2.27. The lowest BCUT2D eigenvalue weighted by Crippen LogP contribution is -1.89. The van der Waals surface area contributed by atoms with Crippen LogP contribution in [0.15, 0.2) is 42.5 Å². The predicted octanol–water partition coefficient (Wildman–Crippen LogP) is 3.97. The van der Waals surface area contributed by atoms with Crippen molar-refractivity contribution in [2.75, 3.05) is 0 Å². The number of para-hydroxylation sites is 1. The van der Waals surface area contributed by atoms with Crippen LogP contribution >= 0.6 is 0 Å². The van der Waals surface area contributed by atoms with E-state index in [1.807, 2.05) is 38.1 Å². The van der Waals surface area contributed by atoms with Gasteiger partial charge in [0.2, 0.25) is 0 Å². The van der Waals surface area contributed by atoms with Crippen molar-refractivity contribution in [2.45, 2.75) is 13.8 Å². The van der Waals surface area contributed by atoms with Gasteiger partial charge in [0, 0.05) is 0 Å². The quantitative estimate of drug-likeness (QED) is 0.771. The second kappa shape index (κ2) is 4.71. The second-order valence-corrected chi connectivity index (χ2v) is 4.03. The fourth-order valence-electron chi connectivity index (χ4n) is 1.77. The molecular weight excluding hydrogens is 210 g/mol. The normalized spacial score (nSPS) is 9.71. The van der Waals surface area contributed by atoms with Crippen molar-refractivity contribution in [3.05, 3.63) is 59.2 Å².